The van der Waals surface area contributed by atoms with Crippen LogP contribution >= 0.6 is 15.9 Å². The predicted molar refractivity (Wildman–Crippen MR) is 74.2 cm³/mol. The third-order valence-corrected chi connectivity index (χ3v) is 3.87. The van der Waals surface area contributed by atoms with Crippen molar-refractivity contribution in [1.82, 2.24) is 5.32 Å². The van der Waals surface area contributed by atoms with E-state index in [0.717, 1.165) is 23.4 Å². The van der Waals surface area contributed by atoms with Crippen LogP contribution in [0, 0.1) is 5.92 Å². The monoisotopic (exact) mass is 297 g/mol. The summed E-state index contributed by atoms with van der Waals surface area (Å²) in [6, 6.07) is 6.50. The normalized spacial score (nSPS) is 20.5. The first-order chi connectivity index (χ1) is 8.29. The Kier molecular flexibility index (Phi) is 5.01. The first kappa shape index (κ1) is 13.1. The van der Waals surface area contributed by atoms with Gasteiger partial charge in [0.25, 0.3) is 0 Å². The Morgan fingerprint density at radius 2 is 2.29 bits per heavy atom. The van der Waals surface area contributed by atoms with E-state index >= 15 is 0 Å². The van der Waals surface area contributed by atoms with Gasteiger partial charge >= 0.3 is 0 Å². The Hall–Kier alpha value is -0.380. The second kappa shape index (κ2) is 6.53. The summed E-state index contributed by atoms with van der Waals surface area (Å²) in [7, 11) is 1.76. The Morgan fingerprint density at radius 3 is 3.00 bits per heavy atom. The van der Waals surface area contributed by atoms with Gasteiger partial charge in [0.2, 0.25) is 0 Å². The zero-order chi connectivity index (χ0) is 12.1. The lowest BCUT2D eigenvalue weighted by molar-refractivity contribution is 0.183. The van der Waals surface area contributed by atoms with Gasteiger partial charge in [-0.2, -0.15) is 0 Å². The SMILES string of the molecule is COCc1ccc(Br)cc1CC1CCCNC1. The molecule has 1 aromatic rings. The maximum Gasteiger partial charge on any atom is 0.0715 e. The van der Waals surface area contributed by atoms with Gasteiger partial charge in [0, 0.05) is 11.6 Å². The number of piperidine rings is 1. The van der Waals surface area contributed by atoms with Gasteiger partial charge in [0.05, 0.1) is 6.61 Å². The van der Waals surface area contributed by atoms with Crippen molar-refractivity contribution in [2.45, 2.75) is 25.9 Å². The lowest BCUT2D eigenvalue weighted by Gasteiger charge is -2.23. The molecule has 17 heavy (non-hydrogen) atoms. The Labute approximate surface area is 112 Å². The van der Waals surface area contributed by atoms with Gasteiger partial charge in [-0.3, -0.25) is 0 Å². The molecule has 2 rings (SSSR count). The maximum absolute atomic E-state index is 5.27. The molecule has 0 saturated carbocycles. The molecule has 1 aliphatic heterocycles. The molecule has 0 aliphatic carbocycles. The number of benzene rings is 1. The zero-order valence-corrected chi connectivity index (χ0v) is 11.9. The van der Waals surface area contributed by atoms with Gasteiger partial charge in [-0.05, 0) is 61.5 Å². The molecule has 0 radical (unpaired) electrons. The largest absolute Gasteiger partial charge is 0.380 e. The molecular weight excluding hydrogens is 278 g/mol. The molecule has 0 amide bonds. The molecule has 0 aromatic heterocycles. The van der Waals surface area contributed by atoms with Crippen LogP contribution in [0.4, 0.5) is 0 Å². The van der Waals surface area contributed by atoms with E-state index in [1.54, 1.807) is 7.11 Å². The summed E-state index contributed by atoms with van der Waals surface area (Å²) in [5.41, 5.74) is 2.75. The van der Waals surface area contributed by atoms with Gasteiger partial charge in [-0.15, -0.1) is 0 Å². The van der Waals surface area contributed by atoms with Crippen LogP contribution in [0.3, 0.4) is 0 Å². The van der Waals surface area contributed by atoms with Crippen molar-refractivity contribution in [1.29, 1.82) is 0 Å². The number of hydrogen-bond donors (Lipinski definition) is 1. The molecule has 0 spiro atoms. The smallest absolute Gasteiger partial charge is 0.0715 e. The third-order valence-electron chi connectivity index (χ3n) is 3.38. The van der Waals surface area contributed by atoms with E-state index in [2.05, 4.69) is 39.4 Å². The average molecular weight is 298 g/mol. The lowest BCUT2D eigenvalue weighted by Crippen LogP contribution is -2.31. The van der Waals surface area contributed by atoms with E-state index < -0.39 is 0 Å². The highest BCUT2D eigenvalue weighted by atomic mass is 79.9. The predicted octanol–water partition coefficient (Wildman–Crippen LogP) is 3.14. The minimum atomic E-state index is 0.711. The molecule has 1 unspecified atom stereocenters. The number of nitrogens with one attached hydrogen (secondary N) is 1. The van der Waals surface area contributed by atoms with Crippen LogP contribution in [0.1, 0.15) is 24.0 Å². The summed E-state index contributed by atoms with van der Waals surface area (Å²) in [6.07, 6.45) is 3.80. The second-order valence-electron chi connectivity index (χ2n) is 4.76. The van der Waals surface area contributed by atoms with Crippen LogP contribution in [0.25, 0.3) is 0 Å². The minimum absolute atomic E-state index is 0.711. The second-order valence-corrected chi connectivity index (χ2v) is 5.68. The molecule has 3 heteroatoms. The number of ether oxygens (including phenoxy) is 1. The highest BCUT2D eigenvalue weighted by molar-refractivity contribution is 9.10. The highest BCUT2D eigenvalue weighted by Gasteiger charge is 2.15. The van der Waals surface area contributed by atoms with E-state index in [0.29, 0.717) is 6.61 Å². The molecule has 1 heterocycles. The Morgan fingerprint density at radius 1 is 1.41 bits per heavy atom. The summed E-state index contributed by atoms with van der Waals surface area (Å²) in [6.45, 7) is 3.04. The molecule has 94 valence electrons. The molecule has 1 N–H and O–H groups in total. The highest BCUT2D eigenvalue weighted by Crippen LogP contribution is 2.23. The van der Waals surface area contributed by atoms with Crippen molar-refractivity contribution in [3.05, 3.63) is 33.8 Å². The number of halogens is 1. The summed E-state index contributed by atoms with van der Waals surface area (Å²) >= 11 is 3.56. The minimum Gasteiger partial charge on any atom is -0.380 e. The fourth-order valence-electron chi connectivity index (χ4n) is 2.49. The van der Waals surface area contributed by atoms with Crippen molar-refractivity contribution in [2.24, 2.45) is 5.92 Å². The fourth-order valence-corrected chi connectivity index (χ4v) is 2.90. The molecule has 0 bridgehead atoms. The third kappa shape index (κ3) is 3.80. The Balaban J connectivity index is 2.08. The Bertz CT molecular complexity index is 361. The van der Waals surface area contributed by atoms with Crippen molar-refractivity contribution < 1.29 is 4.74 Å². The van der Waals surface area contributed by atoms with Gasteiger partial charge in [-0.1, -0.05) is 22.0 Å². The van der Waals surface area contributed by atoms with Gasteiger partial charge < -0.3 is 10.1 Å². The van der Waals surface area contributed by atoms with E-state index in [1.165, 1.54) is 30.5 Å². The molecule has 1 aromatic carbocycles. The number of methoxy groups -OCH3 is 1. The lowest BCUT2D eigenvalue weighted by atomic mass is 9.90. The van der Waals surface area contributed by atoms with E-state index in [9.17, 15) is 0 Å². The van der Waals surface area contributed by atoms with Gasteiger partial charge in [0.15, 0.2) is 0 Å². The summed E-state index contributed by atoms with van der Waals surface area (Å²) in [4.78, 5) is 0. The van der Waals surface area contributed by atoms with E-state index in [-0.39, 0.29) is 0 Å². The topological polar surface area (TPSA) is 21.3 Å². The van der Waals surface area contributed by atoms with Gasteiger partial charge in [0.1, 0.15) is 0 Å². The van der Waals surface area contributed by atoms with Crippen molar-refractivity contribution in [2.75, 3.05) is 20.2 Å². The fraction of sp³-hybridized carbons (Fsp3) is 0.571. The van der Waals surface area contributed by atoms with Crippen molar-refractivity contribution in [3.8, 4) is 0 Å². The summed E-state index contributed by atoms with van der Waals surface area (Å²) in [5.74, 6) is 0.772. The van der Waals surface area contributed by atoms with Crippen LogP contribution in [0.5, 0.6) is 0 Å². The molecule has 1 saturated heterocycles. The summed E-state index contributed by atoms with van der Waals surface area (Å²) in [5, 5.41) is 3.48. The van der Waals surface area contributed by atoms with Crippen LogP contribution in [0.2, 0.25) is 0 Å². The molecule has 1 fully saturated rings. The standard InChI is InChI=1S/C14H20BrNO/c1-17-10-12-4-5-14(15)8-13(12)7-11-3-2-6-16-9-11/h4-5,8,11,16H,2-3,6-7,9-10H2,1H3. The maximum atomic E-state index is 5.27. The van der Waals surface area contributed by atoms with Crippen LogP contribution in [-0.2, 0) is 17.8 Å². The van der Waals surface area contributed by atoms with E-state index in [4.69, 9.17) is 4.74 Å². The molecule has 2 nitrogen and oxygen atoms in total. The van der Waals surface area contributed by atoms with Crippen LogP contribution in [0.15, 0.2) is 22.7 Å². The zero-order valence-electron chi connectivity index (χ0n) is 10.3. The molecular formula is C14H20BrNO. The summed E-state index contributed by atoms with van der Waals surface area (Å²) < 4.78 is 6.43. The number of rotatable bonds is 4. The first-order valence-corrected chi connectivity index (χ1v) is 7.06. The van der Waals surface area contributed by atoms with Crippen molar-refractivity contribution >= 4 is 15.9 Å². The van der Waals surface area contributed by atoms with Crippen LogP contribution < -0.4 is 5.32 Å². The molecule has 1 aliphatic rings. The molecule has 1 atom stereocenters. The van der Waals surface area contributed by atoms with Gasteiger partial charge in [-0.25, -0.2) is 0 Å². The first-order valence-electron chi connectivity index (χ1n) is 6.26. The quantitative estimate of drug-likeness (QED) is 0.922. The van der Waals surface area contributed by atoms with E-state index in [1.807, 2.05) is 0 Å². The number of hydrogen-bond acceptors (Lipinski definition) is 2. The van der Waals surface area contributed by atoms with Crippen LogP contribution in [-0.4, -0.2) is 20.2 Å². The van der Waals surface area contributed by atoms with Crippen molar-refractivity contribution in [3.63, 3.8) is 0 Å². The average Bonchev–Trinajstić information content (AvgIpc) is 2.34.